The van der Waals surface area contributed by atoms with E-state index in [1.54, 1.807) is 37.1 Å². The van der Waals surface area contributed by atoms with Crippen LogP contribution in [0.4, 0.5) is 5.69 Å². The third kappa shape index (κ3) is 3.94. The van der Waals surface area contributed by atoms with Crippen LogP contribution >= 0.6 is 0 Å². The number of aryl methyl sites for hydroxylation is 1. The quantitative estimate of drug-likeness (QED) is 0.629. The van der Waals surface area contributed by atoms with Crippen molar-refractivity contribution in [3.8, 4) is 5.75 Å². The molecule has 0 spiro atoms. The number of methoxy groups -OCH3 is 1. The molecule has 1 aromatic heterocycles. The highest BCUT2D eigenvalue weighted by molar-refractivity contribution is 5.96. The van der Waals surface area contributed by atoms with Gasteiger partial charge in [-0.2, -0.15) is 0 Å². The molecule has 1 saturated heterocycles. The minimum atomic E-state index is -1.01. The molecule has 0 aliphatic carbocycles. The second-order valence-electron chi connectivity index (χ2n) is 7.70. The van der Waals surface area contributed by atoms with Crippen molar-refractivity contribution >= 4 is 28.5 Å². The minimum Gasteiger partial charge on any atom is -0.497 e. The highest BCUT2D eigenvalue weighted by atomic mass is 16.5. The summed E-state index contributed by atoms with van der Waals surface area (Å²) in [6, 6.07) is 11.9. The van der Waals surface area contributed by atoms with Crippen LogP contribution in [-0.2, 0) is 11.8 Å². The Labute approximate surface area is 179 Å². The van der Waals surface area contributed by atoms with Gasteiger partial charge >= 0.3 is 11.9 Å². The van der Waals surface area contributed by atoms with Crippen molar-refractivity contribution in [2.24, 2.45) is 7.05 Å². The molecule has 8 nitrogen and oxygen atoms in total. The first-order chi connectivity index (χ1) is 14.9. The summed E-state index contributed by atoms with van der Waals surface area (Å²) in [5.74, 6) is -1.13. The molecule has 4 rings (SSSR count). The van der Waals surface area contributed by atoms with Crippen molar-refractivity contribution in [2.75, 3.05) is 38.2 Å². The number of piperazine rings is 1. The topological polar surface area (TPSA) is 95.2 Å². The Hall–Kier alpha value is -3.52. The zero-order valence-corrected chi connectivity index (χ0v) is 17.5. The van der Waals surface area contributed by atoms with E-state index in [1.807, 2.05) is 29.2 Å². The normalized spacial score (nSPS) is 15.7. The predicted octanol–water partition coefficient (Wildman–Crippen LogP) is 2.83. The van der Waals surface area contributed by atoms with Gasteiger partial charge in [0.15, 0.2) is 0 Å². The van der Waals surface area contributed by atoms with Gasteiger partial charge in [-0.25, -0.2) is 4.79 Å². The van der Waals surface area contributed by atoms with Gasteiger partial charge in [0.2, 0.25) is 0 Å². The van der Waals surface area contributed by atoms with Crippen molar-refractivity contribution in [3.63, 3.8) is 0 Å². The summed E-state index contributed by atoms with van der Waals surface area (Å²) in [5.41, 5.74) is 2.62. The van der Waals surface area contributed by atoms with Gasteiger partial charge in [0, 0.05) is 67.6 Å². The lowest BCUT2D eigenvalue weighted by Gasteiger charge is -2.38. The molecule has 2 N–H and O–H groups in total. The Morgan fingerprint density at radius 3 is 2.42 bits per heavy atom. The van der Waals surface area contributed by atoms with Crippen LogP contribution in [0.25, 0.3) is 10.9 Å². The second-order valence-corrected chi connectivity index (χ2v) is 7.70. The average Bonchev–Trinajstić information content (AvgIpc) is 3.09. The molecule has 3 aromatic rings. The number of ether oxygens (including phenoxy) is 1. The molecule has 2 aromatic carbocycles. The smallest absolute Gasteiger partial charge is 0.335 e. The van der Waals surface area contributed by atoms with Gasteiger partial charge in [-0.3, -0.25) is 9.69 Å². The highest BCUT2D eigenvalue weighted by Gasteiger charge is 2.32. The molecule has 0 amide bonds. The van der Waals surface area contributed by atoms with Crippen LogP contribution in [0.2, 0.25) is 0 Å². The lowest BCUT2D eigenvalue weighted by atomic mass is 10.0. The zero-order chi connectivity index (χ0) is 22.1. The molecule has 0 unspecified atom stereocenters. The highest BCUT2D eigenvalue weighted by Crippen LogP contribution is 2.32. The molecule has 1 aliphatic heterocycles. The summed E-state index contributed by atoms with van der Waals surface area (Å²) in [6.45, 7) is 2.59. The van der Waals surface area contributed by atoms with Gasteiger partial charge in [0.1, 0.15) is 11.8 Å². The molecule has 1 aliphatic rings. The van der Waals surface area contributed by atoms with Crippen molar-refractivity contribution < 1.29 is 24.5 Å². The van der Waals surface area contributed by atoms with Gasteiger partial charge in [0.25, 0.3) is 0 Å². The van der Waals surface area contributed by atoms with Crippen LogP contribution < -0.4 is 9.64 Å². The summed E-state index contributed by atoms with van der Waals surface area (Å²) in [7, 11) is 3.44. The number of fused-ring (bicyclic) bond motifs is 1. The van der Waals surface area contributed by atoms with Crippen molar-refractivity contribution in [1.29, 1.82) is 0 Å². The molecular formula is C23H25N3O5. The molecular weight excluding hydrogens is 398 g/mol. The Morgan fingerprint density at radius 2 is 1.77 bits per heavy atom. The van der Waals surface area contributed by atoms with E-state index in [2.05, 4.69) is 4.90 Å². The van der Waals surface area contributed by atoms with E-state index < -0.39 is 18.0 Å². The van der Waals surface area contributed by atoms with Gasteiger partial charge in [0.05, 0.1) is 12.7 Å². The fourth-order valence-electron chi connectivity index (χ4n) is 4.30. The summed E-state index contributed by atoms with van der Waals surface area (Å²) < 4.78 is 7.10. The van der Waals surface area contributed by atoms with E-state index in [9.17, 15) is 19.8 Å². The van der Waals surface area contributed by atoms with Crippen LogP contribution in [0.3, 0.4) is 0 Å². The number of benzene rings is 2. The van der Waals surface area contributed by atoms with Crippen LogP contribution in [0, 0.1) is 0 Å². The van der Waals surface area contributed by atoms with Gasteiger partial charge in [-0.05, 0) is 24.3 Å². The van der Waals surface area contributed by atoms with E-state index in [4.69, 9.17) is 4.74 Å². The van der Waals surface area contributed by atoms with Crippen LogP contribution in [-0.4, -0.2) is 64.9 Å². The fourth-order valence-corrected chi connectivity index (χ4v) is 4.30. The van der Waals surface area contributed by atoms with E-state index in [1.165, 1.54) is 6.07 Å². The number of aromatic nitrogens is 1. The molecule has 1 fully saturated rings. The first-order valence-electron chi connectivity index (χ1n) is 10.1. The Bertz CT molecular complexity index is 1130. The second kappa shape index (κ2) is 8.31. The maximum absolute atomic E-state index is 12.3. The summed E-state index contributed by atoms with van der Waals surface area (Å²) >= 11 is 0. The minimum absolute atomic E-state index is 0.180. The largest absolute Gasteiger partial charge is 0.497 e. The first-order valence-corrected chi connectivity index (χ1v) is 10.1. The van der Waals surface area contributed by atoms with Gasteiger partial charge in [-0.1, -0.05) is 12.1 Å². The van der Waals surface area contributed by atoms with Crippen molar-refractivity contribution in [3.05, 3.63) is 59.8 Å². The number of hydrogen-bond donors (Lipinski definition) is 2. The Kier molecular flexibility index (Phi) is 5.56. The predicted molar refractivity (Wildman–Crippen MR) is 117 cm³/mol. The van der Waals surface area contributed by atoms with Gasteiger partial charge < -0.3 is 24.4 Å². The SMILES string of the molecule is COc1cccc(N2CCN([C@@H](C(=O)O)c3cn(C)c4cc(C(=O)O)ccc34)CC2)c1. The number of carboxylic acids is 2. The van der Waals surface area contributed by atoms with Crippen molar-refractivity contribution in [2.45, 2.75) is 6.04 Å². The standard InChI is InChI=1S/C23H25N3O5/c1-24-14-19(18-7-6-15(22(27)28)12-20(18)24)21(23(29)30)26-10-8-25(9-11-26)16-4-3-5-17(13-16)31-2/h3-7,12-14,21H,8-11H2,1-2H3,(H,27,28)(H,29,30)/t21-/m1/s1. The van der Waals surface area contributed by atoms with Crippen LogP contribution in [0.5, 0.6) is 5.75 Å². The number of nitrogens with zero attached hydrogens (tertiary/aromatic N) is 3. The number of hydrogen-bond acceptors (Lipinski definition) is 5. The van der Waals surface area contributed by atoms with E-state index >= 15 is 0 Å². The number of carboxylic acid groups (broad SMARTS) is 2. The summed E-state index contributed by atoms with van der Waals surface area (Å²) in [5, 5.41) is 20.1. The maximum atomic E-state index is 12.3. The fraction of sp³-hybridized carbons (Fsp3) is 0.304. The van der Waals surface area contributed by atoms with Crippen LogP contribution in [0.1, 0.15) is 22.0 Å². The number of aliphatic carboxylic acids is 1. The Balaban J connectivity index is 1.59. The van der Waals surface area contributed by atoms with Crippen molar-refractivity contribution in [1.82, 2.24) is 9.47 Å². The third-order valence-corrected chi connectivity index (χ3v) is 5.89. The van der Waals surface area contributed by atoms with E-state index in [0.717, 1.165) is 16.8 Å². The molecule has 8 heteroatoms. The zero-order valence-electron chi connectivity index (χ0n) is 17.5. The number of rotatable bonds is 6. The summed E-state index contributed by atoms with van der Waals surface area (Å²) in [6.07, 6.45) is 1.80. The van der Waals surface area contributed by atoms with Gasteiger partial charge in [-0.15, -0.1) is 0 Å². The monoisotopic (exact) mass is 423 g/mol. The first kappa shape index (κ1) is 20.7. The number of aromatic carboxylic acids is 1. The van der Waals surface area contributed by atoms with E-state index in [-0.39, 0.29) is 5.56 Å². The maximum Gasteiger partial charge on any atom is 0.335 e. The average molecular weight is 423 g/mol. The molecule has 31 heavy (non-hydrogen) atoms. The Morgan fingerprint density at radius 1 is 1.03 bits per heavy atom. The number of carbonyl (C=O) groups is 2. The molecule has 0 bridgehead atoms. The molecule has 162 valence electrons. The van der Waals surface area contributed by atoms with Crippen LogP contribution in [0.15, 0.2) is 48.7 Å². The van der Waals surface area contributed by atoms with E-state index in [0.29, 0.717) is 37.3 Å². The molecule has 2 heterocycles. The lowest BCUT2D eigenvalue weighted by Crippen LogP contribution is -2.49. The summed E-state index contributed by atoms with van der Waals surface area (Å²) in [4.78, 5) is 27.8. The number of anilines is 1. The molecule has 0 radical (unpaired) electrons. The molecule has 0 saturated carbocycles. The molecule has 1 atom stereocenters. The lowest BCUT2D eigenvalue weighted by molar-refractivity contribution is -0.143. The third-order valence-electron chi connectivity index (χ3n) is 5.89.